The maximum Gasteiger partial charge on any atom is 0.148 e. The minimum absolute atomic E-state index is 0.313. The van der Waals surface area contributed by atoms with Crippen LogP contribution >= 0.6 is 15.9 Å². The van der Waals surface area contributed by atoms with E-state index in [1.165, 1.54) is 32.4 Å². The molecule has 1 aromatic carbocycles. The predicted octanol–water partition coefficient (Wildman–Crippen LogP) is 2.79. The van der Waals surface area contributed by atoms with Gasteiger partial charge in [0.05, 0.1) is 0 Å². The molecule has 1 heterocycles. The molecular weight excluding hydrogens is 328 g/mol. The smallest absolute Gasteiger partial charge is 0.148 e. The molecule has 2 fully saturated rings. The highest BCUT2D eigenvalue weighted by Gasteiger charge is 2.34. The lowest BCUT2D eigenvalue weighted by Crippen LogP contribution is -2.33. The van der Waals surface area contributed by atoms with E-state index in [0.717, 1.165) is 28.4 Å². The van der Waals surface area contributed by atoms with E-state index in [4.69, 9.17) is 11.2 Å². The molecule has 1 atom stereocenters. The van der Waals surface area contributed by atoms with E-state index in [0.29, 0.717) is 12.6 Å². The normalized spacial score (nSPS) is 22.2. The zero-order chi connectivity index (χ0) is 14.7. The highest BCUT2D eigenvalue weighted by atomic mass is 79.9. The lowest BCUT2D eigenvalue weighted by Gasteiger charge is -2.17. The summed E-state index contributed by atoms with van der Waals surface area (Å²) in [4.78, 5) is 2.62. The van der Waals surface area contributed by atoms with Crippen LogP contribution in [-0.2, 0) is 6.54 Å². The van der Waals surface area contributed by atoms with Crippen LogP contribution < -0.4 is 10.1 Å². The number of hydrogen-bond acceptors (Lipinski definition) is 3. The summed E-state index contributed by atoms with van der Waals surface area (Å²) >= 11 is 3.52. The van der Waals surface area contributed by atoms with Crippen LogP contribution in [-0.4, -0.2) is 36.7 Å². The van der Waals surface area contributed by atoms with E-state index in [1.807, 2.05) is 12.1 Å². The van der Waals surface area contributed by atoms with Crippen LogP contribution in [0.1, 0.15) is 24.8 Å². The third-order valence-corrected chi connectivity index (χ3v) is 4.69. The van der Waals surface area contributed by atoms with Gasteiger partial charge in [-0.1, -0.05) is 21.9 Å². The van der Waals surface area contributed by atoms with Crippen molar-refractivity contribution in [2.45, 2.75) is 37.9 Å². The van der Waals surface area contributed by atoms with E-state index in [2.05, 4.69) is 38.1 Å². The van der Waals surface area contributed by atoms with Crippen LogP contribution in [0.25, 0.3) is 0 Å². The Hall–Kier alpha value is -1.02. The van der Waals surface area contributed by atoms with Crippen molar-refractivity contribution >= 4 is 15.9 Å². The number of hydrogen-bond donors (Lipinski definition) is 1. The van der Waals surface area contributed by atoms with Crippen molar-refractivity contribution in [3.63, 3.8) is 0 Å². The van der Waals surface area contributed by atoms with Crippen LogP contribution in [0.5, 0.6) is 5.75 Å². The summed E-state index contributed by atoms with van der Waals surface area (Å²) in [5, 5.41) is 3.66. The molecule has 0 spiro atoms. The highest BCUT2D eigenvalue weighted by Crippen LogP contribution is 2.30. The number of nitrogens with zero attached hydrogens (tertiary/aromatic N) is 1. The molecule has 4 heteroatoms. The first-order valence-electron chi connectivity index (χ1n) is 7.58. The average molecular weight is 349 g/mol. The minimum Gasteiger partial charge on any atom is -0.481 e. The Morgan fingerprint density at radius 2 is 2.24 bits per heavy atom. The molecule has 1 saturated heterocycles. The first-order valence-corrected chi connectivity index (χ1v) is 8.37. The van der Waals surface area contributed by atoms with Gasteiger partial charge in [0.1, 0.15) is 12.4 Å². The second-order valence-corrected chi connectivity index (χ2v) is 6.75. The Morgan fingerprint density at radius 3 is 3.00 bits per heavy atom. The zero-order valence-electron chi connectivity index (χ0n) is 12.1. The van der Waals surface area contributed by atoms with Gasteiger partial charge < -0.3 is 10.1 Å². The first kappa shape index (κ1) is 14.9. The molecule has 112 valence electrons. The highest BCUT2D eigenvalue weighted by molar-refractivity contribution is 9.10. The van der Waals surface area contributed by atoms with Gasteiger partial charge in [-0.15, -0.1) is 6.42 Å². The molecule has 1 saturated carbocycles. The molecule has 0 radical (unpaired) electrons. The van der Waals surface area contributed by atoms with Gasteiger partial charge in [0.2, 0.25) is 0 Å². The lowest BCUT2D eigenvalue weighted by molar-refractivity contribution is 0.316. The average Bonchev–Trinajstić information content (AvgIpc) is 3.23. The van der Waals surface area contributed by atoms with E-state index in [-0.39, 0.29) is 0 Å². The van der Waals surface area contributed by atoms with Crippen LogP contribution in [0.2, 0.25) is 0 Å². The van der Waals surface area contributed by atoms with Crippen molar-refractivity contribution in [1.82, 2.24) is 10.2 Å². The minimum atomic E-state index is 0.313. The van der Waals surface area contributed by atoms with Gasteiger partial charge in [-0.25, -0.2) is 0 Å². The monoisotopic (exact) mass is 348 g/mol. The maximum absolute atomic E-state index is 5.62. The van der Waals surface area contributed by atoms with Crippen molar-refractivity contribution in [2.75, 3.05) is 19.7 Å². The quantitative estimate of drug-likeness (QED) is 0.800. The SMILES string of the molecule is C#CCOc1ccc(Br)cc1CNC1CCN(C2CC2)C1. The predicted molar refractivity (Wildman–Crippen MR) is 88.3 cm³/mol. The number of terminal acetylenes is 1. The number of halogens is 1. The molecule has 3 rings (SSSR count). The Morgan fingerprint density at radius 1 is 1.38 bits per heavy atom. The number of nitrogens with one attached hydrogen (secondary N) is 1. The van der Waals surface area contributed by atoms with Gasteiger partial charge in [0.25, 0.3) is 0 Å². The fraction of sp³-hybridized carbons (Fsp3) is 0.529. The van der Waals surface area contributed by atoms with Gasteiger partial charge >= 0.3 is 0 Å². The zero-order valence-corrected chi connectivity index (χ0v) is 13.7. The third-order valence-electron chi connectivity index (χ3n) is 4.20. The molecule has 0 amide bonds. The molecule has 0 bridgehead atoms. The molecule has 0 aromatic heterocycles. The largest absolute Gasteiger partial charge is 0.481 e. The van der Waals surface area contributed by atoms with Crippen LogP contribution in [0.15, 0.2) is 22.7 Å². The molecule has 3 nitrogen and oxygen atoms in total. The standard InChI is InChI=1S/C17H21BrN2O/c1-2-9-21-17-6-3-14(18)10-13(17)11-19-15-7-8-20(12-15)16-4-5-16/h1,3,6,10,15-16,19H,4-5,7-9,11-12H2. The van der Waals surface area contributed by atoms with Gasteiger partial charge in [0.15, 0.2) is 0 Å². The number of ether oxygens (including phenoxy) is 1. The summed E-state index contributed by atoms with van der Waals surface area (Å²) in [6.07, 6.45) is 9.30. The molecule has 1 N–H and O–H groups in total. The van der Waals surface area contributed by atoms with E-state index < -0.39 is 0 Å². The van der Waals surface area contributed by atoms with E-state index in [1.54, 1.807) is 0 Å². The van der Waals surface area contributed by atoms with Gasteiger partial charge in [-0.3, -0.25) is 4.90 Å². The number of likely N-dealkylation sites (tertiary alicyclic amines) is 1. The summed E-state index contributed by atoms with van der Waals surface area (Å²) in [6.45, 7) is 3.55. The van der Waals surface area contributed by atoms with Crippen molar-refractivity contribution in [3.05, 3.63) is 28.2 Å². The second kappa shape index (κ2) is 6.83. The summed E-state index contributed by atoms with van der Waals surface area (Å²) in [5.74, 6) is 3.40. The Bertz CT molecular complexity index is 536. The van der Waals surface area contributed by atoms with Crippen molar-refractivity contribution in [1.29, 1.82) is 0 Å². The Balaban J connectivity index is 1.56. The Labute approximate surface area is 135 Å². The third kappa shape index (κ3) is 4.00. The summed E-state index contributed by atoms with van der Waals surface area (Å²) in [5.41, 5.74) is 1.16. The van der Waals surface area contributed by atoms with Crippen molar-refractivity contribution < 1.29 is 4.74 Å². The molecule has 1 aliphatic carbocycles. The summed E-state index contributed by atoms with van der Waals surface area (Å²) in [7, 11) is 0. The number of benzene rings is 1. The van der Waals surface area contributed by atoms with Crippen molar-refractivity contribution in [3.8, 4) is 18.1 Å². The second-order valence-electron chi connectivity index (χ2n) is 5.84. The van der Waals surface area contributed by atoms with Crippen LogP contribution in [0, 0.1) is 12.3 Å². The molecule has 1 aromatic rings. The number of rotatable bonds is 6. The molecule has 21 heavy (non-hydrogen) atoms. The lowest BCUT2D eigenvalue weighted by atomic mass is 10.1. The molecule has 1 aliphatic heterocycles. The molecule has 2 aliphatic rings. The first-order chi connectivity index (χ1) is 10.3. The van der Waals surface area contributed by atoms with Gasteiger partial charge in [-0.2, -0.15) is 0 Å². The molecule has 1 unspecified atom stereocenters. The van der Waals surface area contributed by atoms with E-state index >= 15 is 0 Å². The maximum atomic E-state index is 5.62. The summed E-state index contributed by atoms with van der Waals surface area (Å²) in [6, 6.07) is 7.53. The summed E-state index contributed by atoms with van der Waals surface area (Å²) < 4.78 is 6.69. The Kier molecular flexibility index (Phi) is 4.84. The van der Waals surface area contributed by atoms with Crippen LogP contribution in [0.3, 0.4) is 0 Å². The fourth-order valence-electron chi connectivity index (χ4n) is 2.93. The van der Waals surface area contributed by atoms with E-state index in [9.17, 15) is 0 Å². The van der Waals surface area contributed by atoms with Crippen LogP contribution in [0.4, 0.5) is 0 Å². The van der Waals surface area contributed by atoms with Gasteiger partial charge in [0, 0.05) is 41.8 Å². The van der Waals surface area contributed by atoms with Crippen molar-refractivity contribution in [2.24, 2.45) is 0 Å². The molecular formula is C17H21BrN2O. The fourth-order valence-corrected chi connectivity index (χ4v) is 3.33. The topological polar surface area (TPSA) is 24.5 Å². The van der Waals surface area contributed by atoms with Gasteiger partial charge in [-0.05, 0) is 37.5 Å².